The number of piperazine rings is 1. The second kappa shape index (κ2) is 7.14. The number of anilines is 1. The lowest BCUT2D eigenvalue weighted by atomic mass is 10.1. The van der Waals surface area contributed by atoms with Crippen molar-refractivity contribution in [3.8, 4) is 11.4 Å². The highest BCUT2D eigenvalue weighted by atomic mass is 19.1. The van der Waals surface area contributed by atoms with Crippen molar-refractivity contribution in [3.63, 3.8) is 0 Å². The van der Waals surface area contributed by atoms with Crippen molar-refractivity contribution >= 4 is 11.6 Å². The van der Waals surface area contributed by atoms with Crippen molar-refractivity contribution in [2.45, 2.75) is 0 Å². The molecule has 2 heterocycles. The van der Waals surface area contributed by atoms with Gasteiger partial charge in [-0.1, -0.05) is 12.1 Å². The third-order valence-electron chi connectivity index (χ3n) is 4.75. The Morgan fingerprint density at radius 1 is 1.04 bits per heavy atom. The van der Waals surface area contributed by atoms with Gasteiger partial charge in [0.1, 0.15) is 5.82 Å². The van der Waals surface area contributed by atoms with Crippen molar-refractivity contribution in [2.24, 2.45) is 7.05 Å². The average Bonchev–Trinajstić information content (AvgIpc) is 3.14. The van der Waals surface area contributed by atoms with Crippen LogP contribution >= 0.6 is 0 Å². The van der Waals surface area contributed by atoms with Crippen LogP contribution in [-0.2, 0) is 7.05 Å². The molecule has 0 bridgehead atoms. The van der Waals surface area contributed by atoms with Crippen molar-refractivity contribution in [1.29, 1.82) is 0 Å². The SMILES string of the molecule is Cn1nnnc1-c1cccc(C(=O)N2CCN(c3ccc(F)cc3)CC2)c1. The molecule has 4 rings (SSSR count). The molecule has 1 aliphatic rings. The van der Waals surface area contributed by atoms with Gasteiger partial charge in [-0.3, -0.25) is 4.79 Å². The lowest BCUT2D eigenvalue weighted by molar-refractivity contribution is 0.0747. The number of amides is 1. The number of aromatic nitrogens is 4. The summed E-state index contributed by atoms with van der Waals surface area (Å²) in [5, 5.41) is 11.5. The van der Waals surface area contributed by atoms with Crippen molar-refractivity contribution < 1.29 is 9.18 Å². The van der Waals surface area contributed by atoms with E-state index in [1.165, 1.54) is 12.1 Å². The number of nitrogens with zero attached hydrogens (tertiary/aromatic N) is 6. The highest BCUT2D eigenvalue weighted by Crippen LogP contribution is 2.20. The van der Waals surface area contributed by atoms with E-state index in [4.69, 9.17) is 0 Å². The van der Waals surface area contributed by atoms with Crippen LogP contribution in [0.4, 0.5) is 10.1 Å². The number of rotatable bonds is 3. The van der Waals surface area contributed by atoms with E-state index in [0.29, 0.717) is 37.6 Å². The summed E-state index contributed by atoms with van der Waals surface area (Å²) in [4.78, 5) is 16.9. The number of carbonyl (C=O) groups excluding carboxylic acids is 1. The van der Waals surface area contributed by atoms with E-state index in [0.717, 1.165) is 11.3 Å². The molecule has 3 aromatic rings. The Hall–Kier alpha value is -3.29. The quantitative estimate of drug-likeness (QED) is 0.709. The molecular weight excluding hydrogens is 347 g/mol. The summed E-state index contributed by atoms with van der Waals surface area (Å²) in [7, 11) is 1.76. The fraction of sp³-hybridized carbons (Fsp3) is 0.263. The molecule has 0 saturated carbocycles. The van der Waals surface area contributed by atoms with Crippen LogP contribution in [0.3, 0.4) is 0 Å². The van der Waals surface area contributed by atoms with Crippen LogP contribution < -0.4 is 4.90 Å². The van der Waals surface area contributed by atoms with Crippen LogP contribution in [0.5, 0.6) is 0 Å². The fourth-order valence-corrected chi connectivity index (χ4v) is 3.27. The maximum Gasteiger partial charge on any atom is 0.253 e. The highest BCUT2D eigenvalue weighted by molar-refractivity contribution is 5.95. The van der Waals surface area contributed by atoms with Gasteiger partial charge in [0, 0.05) is 50.0 Å². The number of carbonyl (C=O) groups is 1. The number of hydrogen-bond donors (Lipinski definition) is 0. The van der Waals surface area contributed by atoms with Gasteiger partial charge in [-0.15, -0.1) is 5.10 Å². The van der Waals surface area contributed by atoms with Crippen LogP contribution in [-0.4, -0.2) is 57.2 Å². The Balaban J connectivity index is 1.45. The molecule has 0 atom stereocenters. The third-order valence-corrected chi connectivity index (χ3v) is 4.75. The van der Waals surface area contributed by atoms with Crippen LogP contribution in [0.2, 0.25) is 0 Å². The molecule has 8 heteroatoms. The summed E-state index contributed by atoms with van der Waals surface area (Å²) in [5.41, 5.74) is 2.39. The molecule has 1 fully saturated rings. The second-order valence-corrected chi connectivity index (χ2v) is 6.46. The summed E-state index contributed by atoms with van der Waals surface area (Å²) in [6.45, 7) is 2.66. The summed E-state index contributed by atoms with van der Waals surface area (Å²) < 4.78 is 14.7. The molecular formula is C19H19FN6O. The topological polar surface area (TPSA) is 67.2 Å². The number of hydrogen-bond acceptors (Lipinski definition) is 5. The number of halogens is 1. The zero-order valence-electron chi connectivity index (χ0n) is 14.9. The molecule has 1 aromatic heterocycles. The van der Waals surface area contributed by atoms with Crippen molar-refractivity contribution in [1.82, 2.24) is 25.1 Å². The van der Waals surface area contributed by atoms with Gasteiger partial charge < -0.3 is 9.80 Å². The summed E-state index contributed by atoms with van der Waals surface area (Å²) in [6, 6.07) is 13.8. The normalized spacial score (nSPS) is 14.4. The molecule has 0 radical (unpaired) electrons. The van der Waals surface area contributed by atoms with E-state index < -0.39 is 0 Å². The minimum absolute atomic E-state index is 0.00858. The zero-order valence-corrected chi connectivity index (χ0v) is 14.9. The van der Waals surface area contributed by atoms with Crippen molar-refractivity contribution in [3.05, 3.63) is 59.9 Å². The standard InChI is InChI=1S/C19H19FN6O/c1-24-18(21-22-23-24)14-3-2-4-15(13-14)19(27)26-11-9-25(10-12-26)17-7-5-16(20)6-8-17/h2-8,13H,9-12H2,1H3. The van der Waals surface area contributed by atoms with E-state index in [-0.39, 0.29) is 11.7 Å². The Morgan fingerprint density at radius 3 is 2.44 bits per heavy atom. The minimum Gasteiger partial charge on any atom is -0.368 e. The van der Waals surface area contributed by atoms with Gasteiger partial charge in [-0.25, -0.2) is 9.07 Å². The van der Waals surface area contributed by atoms with E-state index in [1.807, 2.05) is 29.2 Å². The van der Waals surface area contributed by atoms with E-state index in [2.05, 4.69) is 20.4 Å². The first kappa shape index (κ1) is 17.1. The molecule has 7 nitrogen and oxygen atoms in total. The van der Waals surface area contributed by atoms with E-state index in [1.54, 1.807) is 23.9 Å². The molecule has 1 aliphatic heterocycles. The molecule has 0 unspecified atom stereocenters. The smallest absolute Gasteiger partial charge is 0.253 e. The maximum absolute atomic E-state index is 13.1. The van der Waals surface area contributed by atoms with Crippen LogP contribution in [0.1, 0.15) is 10.4 Å². The lowest BCUT2D eigenvalue weighted by Gasteiger charge is -2.36. The molecule has 0 aliphatic carbocycles. The average molecular weight is 366 g/mol. The molecule has 0 N–H and O–H groups in total. The second-order valence-electron chi connectivity index (χ2n) is 6.46. The predicted molar refractivity (Wildman–Crippen MR) is 98.8 cm³/mol. The third kappa shape index (κ3) is 3.51. The minimum atomic E-state index is -0.245. The molecule has 27 heavy (non-hydrogen) atoms. The first-order chi connectivity index (χ1) is 13.1. The van der Waals surface area contributed by atoms with Gasteiger partial charge in [0.2, 0.25) is 0 Å². The summed E-state index contributed by atoms with van der Waals surface area (Å²) in [5.74, 6) is 0.363. The summed E-state index contributed by atoms with van der Waals surface area (Å²) in [6.07, 6.45) is 0. The van der Waals surface area contributed by atoms with Gasteiger partial charge in [0.15, 0.2) is 5.82 Å². The monoisotopic (exact) mass is 366 g/mol. The molecule has 0 spiro atoms. The molecule has 1 saturated heterocycles. The molecule has 1 amide bonds. The van der Waals surface area contributed by atoms with Crippen LogP contribution in [0.15, 0.2) is 48.5 Å². The Labute approximate surface area is 156 Å². The summed E-state index contributed by atoms with van der Waals surface area (Å²) >= 11 is 0. The fourth-order valence-electron chi connectivity index (χ4n) is 3.27. The van der Waals surface area contributed by atoms with Gasteiger partial charge >= 0.3 is 0 Å². The number of aryl methyl sites for hydroxylation is 1. The van der Waals surface area contributed by atoms with Gasteiger partial charge in [0.25, 0.3) is 5.91 Å². The Bertz CT molecular complexity index is 947. The Morgan fingerprint density at radius 2 is 1.78 bits per heavy atom. The first-order valence-corrected chi connectivity index (χ1v) is 8.74. The van der Waals surface area contributed by atoms with Gasteiger partial charge in [0.05, 0.1) is 0 Å². The molecule has 138 valence electrons. The van der Waals surface area contributed by atoms with Crippen LogP contribution in [0.25, 0.3) is 11.4 Å². The van der Waals surface area contributed by atoms with Crippen molar-refractivity contribution in [2.75, 3.05) is 31.1 Å². The van der Waals surface area contributed by atoms with E-state index in [9.17, 15) is 9.18 Å². The zero-order chi connectivity index (χ0) is 18.8. The highest BCUT2D eigenvalue weighted by Gasteiger charge is 2.23. The predicted octanol–water partition coefficient (Wildman–Crippen LogP) is 1.98. The largest absolute Gasteiger partial charge is 0.368 e. The van der Waals surface area contributed by atoms with Gasteiger partial charge in [-0.05, 0) is 46.8 Å². The number of tetrazole rings is 1. The van der Waals surface area contributed by atoms with Crippen LogP contribution in [0, 0.1) is 5.82 Å². The Kier molecular flexibility index (Phi) is 4.53. The molecule has 2 aromatic carbocycles. The van der Waals surface area contributed by atoms with Gasteiger partial charge in [-0.2, -0.15) is 0 Å². The number of benzene rings is 2. The lowest BCUT2D eigenvalue weighted by Crippen LogP contribution is -2.48. The first-order valence-electron chi connectivity index (χ1n) is 8.74. The maximum atomic E-state index is 13.1. The van der Waals surface area contributed by atoms with E-state index >= 15 is 0 Å².